The molecule has 0 rings (SSSR count). The normalized spacial score (nSPS) is 13.1. The Bertz CT molecular complexity index is 1350. The fourth-order valence-electron chi connectivity index (χ4n) is 6.10. The SMILES string of the molecule is CC/C=C/C=C/C=C/C=C/C=C/CCCC(=O)OCC(COC(=O)CCC/C=C/C/C=C/C/C=C/C/C=C/CCCCC)OC(=O)CCCCC/C=C/CCCCCCCCC. The average molecular weight is 857 g/mol. The molecule has 0 heterocycles. The van der Waals surface area contributed by atoms with Crippen molar-refractivity contribution in [2.24, 2.45) is 0 Å². The van der Waals surface area contributed by atoms with Gasteiger partial charge >= 0.3 is 17.9 Å². The minimum Gasteiger partial charge on any atom is -0.462 e. The highest BCUT2D eigenvalue weighted by Crippen LogP contribution is 2.11. The third-order valence-electron chi connectivity index (χ3n) is 9.80. The number of esters is 3. The van der Waals surface area contributed by atoms with E-state index in [1.807, 2.05) is 54.7 Å². The molecule has 0 aliphatic heterocycles. The number of unbranched alkanes of at least 4 members (excludes halogenated alkanes) is 15. The van der Waals surface area contributed by atoms with E-state index in [0.29, 0.717) is 12.8 Å². The van der Waals surface area contributed by atoms with E-state index in [2.05, 4.69) is 87.6 Å². The molecule has 0 spiro atoms. The summed E-state index contributed by atoms with van der Waals surface area (Å²) in [6.07, 6.45) is 67.7. The summed E-state index contributed by atoms with van der Waals surface area (Å²) >= 11 is 0. The van der Waals surface area contributed by atoms with Gasteiger partial charge in [0.1, 0.15) is 13.2 Å². The highest BCUT2D eigenvalue weighted by molar-refractivity contribution is 5.71. The minimum atomic E-state index is -0.839. The van der Waals surface area contributed by atoms with Crippen LogP contribution in [0.2, 0.25) is 0 Å². The number of rotatable bonds is 42. The van der Waals surface area contributed by atoms with Crippen molar-refractivity contribution >= 4 is 17.9 Å². The third kappa shape index (κ3) is 46.9. The lowest BCUT2D eigenvalue weighted by molar-refractivity contribution is -0.167. The Morgan fingerprint density at radius 3 is 1.23 bits per heavy atom. The van der Waals surface area contributed by atoms with Crippen molar-refractivity contribution in [1.82, 2.24) is 0 Å². The van der Waals surface area contributed by atoms with E-state index in [4.69, 9.17) is 14.2 Å². The first-order chi connectivity index (χ1) is 30.5. The van der Waals surface area contributed by atoms with Crippen LogP contribution < -0.4 is 0 Å². The molecule has 6 heteroatoms. The Labute approximate surface area is 380 Å². The smallest absolute Gasteiger partial charge is 0.306 e. The lowest BCUT2D eigenvalue weighted by Crippen LogP contribution is -2.30. The van der Waals surface area contributed by atoms with E-state index in [9.17, 15) is 14.4 Å². The molecule has 1 unspecified atom stereocenters. The summed E-state index contributed by atoms with van der Waals surface area (Å²) in [4.78, 5) is 37.8. The molecule has 348 valence electrons. The van der Waals surface area contributed by atoms with Crippen molar-refractivity contribution < 1.29 is 28.6 Å². The van der Waals surface area contributed by atoms with Gasteiger partial charge in [-0.2, -0.15) is 0 Å². The molecule has 0 radical (unpaired) electrons. The summed E-state index contributed by atoms with van der Waals surface area (Å²) in [6.45, 7) is 6.31. The van der Waals surface area contributed by atoms with E-state index in [1.54, 1.807) is 0 Å². The van der Waals surface area contributed by atoms with Crippen LogP contribution in [0.4, 0.5) is 0 Å². The Morgan fingerprint density at radius 1 is 0.355 bits per heavy atom. The zero-order valence-corrected chi connectivity index (χ0v) is 39.6. The first-order valence-corrected chi connectivity index (χ1v) is 24.6. The number of hydrogen-bond acceptors (Lipinski definition) is 6. The van der Waals surface area contributed by atoms with Gasteiger partial charge in [0, 0.05) is 19.3 Å². The van der Waals surface area contributed by atoms with Crippen molar-refractivity contribution in [3.05, 3.63) is 122 Å². The van der Waals surface area contributed by atoms with Gasteiger partial charge in [0.05, 0.1) is 0 Å². The van der Waals surface area contributed by atoms with Crippen molar-refractivity contribution in [2.45, 2.75) is 200 Å². The first kappa shape index (κ1) is 57.8. The summed E-state index contributed by atoms with van der Waals surface area (Å²) in [5.41, 5.74) is 0. The second kappa shape index (κ2) is 49.5. The molecular weight excluding hydrogens is 769 g/mol. The van der Waals surface area contributed by atoms with Crippen molar-refractivity contribution in [1.29, 1.82) is 0 Å². The summed E-state index contributed by atoms with van der Waals surface area (Å²) in [6, 6.07) is 0. The van der Waals surface area contributed by atoms with E-state index in [0.717, 1.165) is 70.6 Å². The van der Waals surface area contributed by atoms with Crippen LogP contribution in [-0.4, -0.2) is 37.2 Å². The topological polar surface area (TPSA) is 78.9 Å². The maximum Gasteiger partial charge on any atom is 0.306 e. The van der Waals surface area contributed by atoms with Crippen LogP contribution in [0.3, 0.4) is 0 Å². The second-order valence-electron chi connectivity index (χ2n) is 15.8. The molecule has 0 amide bonds. The molecule has 0 aromatic carbocycles. The predicted octanol–water partition coefficient (Wildman–Crippen LogP) is 16.1. The van der Waals surface area contributed by atoms with Crippen LogP contribution in [0.15, 0.2) is 122 Å². The van der Waals surface area contributed by atoms with Crippen LogP contribution in [0.1, 0.15) is 194 Å². The highest BCUT2D eigenvalue weighted by Gasteiger charge is 2.19. The Kier molecular flexibility index (Phi) is 46.1. The largest absolute Gasteiger partial charge is 0.462 e. The van der Waals surface area contributed by atoms with Crippen molar-refractivity contribution in [3.63, 3.8) is 0 Å². The number of carbonyl (C=O) groups excluding carboxylic acids is 3. The van der Waals surface area contributed by atoms with Gasteiger partial charge in [0.2, 0.25) is 0 Å². The number of carbonyl (C=O) groups is 3. The maximum atomic E-state index is 12.8. The van der Waals surface area contributed by atoms with Gasteiger partial charge < -0.3 is 14.2 Å². The molecule has 0 fully saturated rings. The van der Waals surface area contributed by atoms with E-state index >= 15 is 0 Å². The number of allylic oxidation sites excluding steroid dienone is 20. The first-order valence-electron chi connectivity index (χ1n) is 24.6. The fraction of sp³-hybridized carbons (Fsp3) is 0.589. The molecule has 1 atom stereocenters. The molecule has 62 heavy (non-hydrogen) atoms. The van der Waals surface area contributed by atoms with Crippen molar-refractivity contribution in [3.8, 4) is 0 Å². The molecule has 6 nitrogen and oxygen atoms in total. The van der Waals surface area contributed by atoms with Gasteiger partial charge in [-0.1, -0.05) is 200 Å². The molecule has 0 aromatic heterocycles. The van der Waals surface area contributed by atoms with Gasteiger partial charge in [0.25, 0.3) is 0 Å². The van der Waals surface area contributed by atoms with E-state index in [-0.39, 0.29) is 50.4 Å². The highest BCUT2D eigenvalue weighted by atomic mass is 16.6. The van der Waals surface area contributed by atoms with Gasteiger partial charge in [-0.05, 0) is 96.3 Å². The molecule has 0 aliphatic carbocycles. The summed E-state index contributed by atoms with van der Waals surface area (Å²) < 4.78 is 16.6. The number of ether oxygens (including phenoxy) is 3. The lowest BCUT2D eigenvalue weighted by atomic mass is 10.1. The number of hydrogen-bond donors (Lipinski definition) is 0. The summed E-state index contributed by atoms with van der Waals surface area (Å²) in [5, 5.41) is 0. The standard InChI is InChI=1S/C56H88O6/c1-4-7-10-13-16-19-22-25-27-28-29-32-34-37-40-43-46-49-55(58)61-52-53(51-60-54(57)48-45-42-39-36-33-30-24-21-18-15-12-9-6-3)62-56(59)50-47-44-41-38-35-31-26-23-20-17-14-11-8-5-2/h9,12,15-16,18-19,21,24-25,27,29-33,35-37,39-40,53H,4-8,10-11,13-14,17,20,22-23,26,28,34,38,41-52H2,1-3H3/b12-9+,18-15+,19-16+,24-21+,27-25+,32-29+,33-30+,35-31+,39-36+,40-37+. The zero-order chi connectivity index (χ0) is 45.1. The van der Waals surface area contributed by atoms with Crippen LogP contribution in [-0.2, 0) is 28.6 Å². The zero-order valence-electron chi connectivity index (χ0n) is 39.6. The molecular formula is C56H88O6. The second-order valence-corrected chi connectivity index (χ2v) is 15.8. The monoisotopic (exact) mass is 857 g/mol. The van der Waals surface area contributed by atoms with E-state index in [1.165, 1.54) is 70.6 Å². The van der Waals surface area contributed by atoms with Gasteiger partial charge in [0.15, 0.2) is 6.10 Å². The predicted molar refractivity (Wildman–Crippen MR) is 265 cm³/mol. The van der Waals surface area contributed by atoms with E-state index < -0.39 is 6.10 Å². The van der Waals surface area contributed by atoms with Crippen LogP contribution >= 0.6 is 0 Å². The molecule has 0 saturated heterocycles. The third-order valence-corrected chi connectivity index (χ3v) is 9.80. The lowest BCUT2D eigenvalue weighted by Gasteiger charge is -2.18. The van der Waals surface area contributed by atoms with Gasteiger partial charge in [-0.25, -0.2) is 0 Å². The quantitative estimate of drug-likeness (QED) is 0.0200. The Morgan fingerprint density at radius 2 is 0.710 bits per heavy atom. The van der Waals surface area contributed by atoms with Crippen molar-refractivity contribution in [2.75, 3.05) is 13.2 Å². The minimum absolute atomic E-state index is 0.138. The van der Waals surface area contributed by atoms with Crippen LogP contribution in [0, 0.1) is 0 Å². The van der Waals surface area contributed by atoms with Crippen LogP contribution in [0.5, 0.6) is 0 Å². The molecule has 0 N–H and O–H groups in total. The molecule has 0 bridgehead atoms. The maximum absolute atomic E-state index is 12.8. The molecule has 0 aromatic rings. The molecule has 0 saturated carbocycles. The Hall–Kier alpha value is -4.19. The summed E-state index contributed by atoms with van der Waals surface area (Å²) in [7, 11) is 0. The fourth-order valence-corrected chi connectivity index (χ4v) is 6.10. The van der Waals surface area contributed by atoms with Crippen LogP contribution in [0.25, 0.3) is 0 Å². The summed E-state index contributed by atoms with van der Waals surface area (Å²) in [5.74, 6) is -1.09. The average Bonchev–Trinajstić information content (AvgIpc) is 3.27. The Balaban J connectivity index is 4.62. The van der Waals surface area contributed by atoms with Gasteiger partial charge in [-0.3, -0.25) is 14.4 Å². The van der Waals surface area contributed by atoms with Gasteiger partial charge in [-0.15, -0.1) is 0 Å². The molecule has 0 aliphatic rings.